The van der Waals surface area contributed by atoms with Gasteiger partial charge in [-0.25, -0.2) is 4.98 Å². The molecule has 2 heterocycles. The summed E-state index contributed by atoms with van der Waals surface area (Å²) in [5.74, 6) is -0.164. The Balaban J connectivity index is 0.00000176. The summed E-state index contributed by atoms with van der Waals surface area (Å²) in [4.78, 5) is 16.6. The highest BCUT2D eigenvalue weighted by Gasteiger charge is 2.19. The zero-order valence-corrected chi connectivity index (χ0v) is 12.8. The summed E-state index contributed by atoms with van der Waals surface area (Å²) in [6.45, 7) is 1.85. The number of carbonyl (C=O) groups is 1. The molecule has 0 aliphatic carbocycles. The molecular weight excluding hydrogens is 300 g/mol. The van der Waals surface area contributed by atoms with E-state index in [1.54, 1.807) is 0 Å². The first kappa shape index (κ1) is 16.2. The second-order valence-electron chi connectivity index (χ2n) is 5.18. The molecule has 1 saturated heterocycles. The highest BCUT2D eigenvalue weighted by molar-refractivity contribution is 6.06. The van der Waals surface area contributed by atoms with Gasteiger partial charge < -0.3 is 10.6 Å². The minimum absolute atomic E-state index is 0. The third-order valence-electron chi connectivity index (χ3n) is 3.81. The van der Waals surface area contributed by atoms with Crippen molar-refractivity contribution in [1.29, 1.82) is 5.26 Å². The van der Waals surface area contributed by atoms with Crippen LogP contribution in [-0.4, -0.2) is 30.0 Å². The number of nitrogens with one attached hydrogen (secondary N) is 2. The fourth-order valence-electron chi connectivity index (χ4n) is 2.68. The summed E-state index contributed by atoms with van der Waals surface area (Å²) in [7, 11) is 0. The number of pyridine rings is 1. The van der Waals surface area contributed by atoms with Crippen molar-refractivity contribution in [3.63, 3.8) is 0 Å². The number of aromatic nitrogens is 1. The van der Waals surface area contributed by atoms with E-state index in [2.05, 4.69) is 21.7 Å². The van der Waals surface area contributed by atoms with Crippen LogP contribution in [0, 0.1) is 11.3 Å². The standard InChI is InChI=1S/C16H16N4O.ClH/c17-9-11-10-19-15(14-4-2-1-3-13(11)14)16(21)20-12-5-7-18-8-6-12;/h1-4,10,12,18H,5-8H2,(H,20,21);1H. The van der Waals surface area contributed by atoms with E-state index >= 15 is 0 Å². The van der Waals surface area contributed by atoms with Gasteiger partial charge in [0.15, 0.2) is 0 Å². The Morgan fingerprint density at radius 1 is 1.27 bits per heavy atom. The molecule has 0 saturated carbocycles. The summed E-state index contributed by atoms with van der Waals surface area (Å²) in [6, 6.07) is 9.70. The van der Waals surface area contributed by atoms with E-state index in [0.717, 1.165) is 36.7 Å². The monoisotopic (exact) mass is 316 g/mol. The Morgan fingerprint density at radius 2 is 1.95 bits per heavy atom. The minimum atomic E-state index is -0.164. The number of amides is 1. The van der Waals surface area contributed by atoms with Crippen molar-refractivity contribution in [2.45, 2.75) is 18.9 Å². The number of hydrogen-bond acceptors (Lipinski definition) is 4. The average molecular weight is 317 g/mol. The van der Waals surface area contributed by atoms with Crippen LogP contribution in [-0.2, 0) is 0 Å². The number of piperidine rings is 1. The van der Waals surface area contributed by atoms with Gasteiger partial charge in [-0.05, 0) is 25.9 Å². The Kier molecular flexibility index (Phi) is 5.31. The molecule has 1 aliphatic heterocycles. The van der Waals surface area contributed by atoms with E-state index in [0.29, 0.717) is 11.3 Å². The maximum atomic E-state index is 12.4. The molecule has 3 rings (SSSR count). The second kappa shape index (κ2) is 7.21. The van der Waals surface area contributed by atoms with Gasteiger partial charge in [-0.1, -0.05) is 24.3 Å². The van der Waals surface area contributed by atoms with Crippen molar-refractivity contribution in [2.75, 3.05) is 13.1 Å². The molecule has 1 aromatic heterocycles. The van der Waals surface area contributed by atoms with Crippen molar-refractivity contribution in [3.05, 3.63) is 41.7 Å². The smallest absolute Gasteiger partial charge is 0.270 e. The number of benzene rings is 1. The summed E-state index contributed by atoms with van der Waals surface area (Å²) in [6.07, 6.45) is 3.33. The van der Waals surface area contributed by atoms with Crippen LogP contribution in [0.2, 0.25) is 0 Å². The quantitative estimate of drug-likeness (QED) is 0.888. The van der Waals surface area contributed by atoms with Crippen LogP contribution in [0.1, 0.15) is 28.9 Å². The molecule has 1 aromatic carbocycles. The molecule has 0 radical (unpaired) electrons. The maximum absolute atomic E-state index is 12.4. The second-order valence-corrected chi connectivity index (χ2v) is 5.18. The molecule has 5 nitrogen and oxygen atoms in total. The normalized spacial score (nSPS) is 14.9. The minimum Gasteiger partial charge on any atom is -0.348 e. The third-order valence-corrected chi connectivity index (χ3v) is 3.81. The maximum Gasteiger partial charge on any atom is 0.270 e. The number of rotatable bonds is 2. The Morgan fingerprint density at radius 3 is 2.64 bits per heavy atom. The molecule has 0 bridgehead atoms. The van der Waals surface area contributed by atoms with Gasteiger partial charge in [0.2, 0.25) is 0 Å². The van der Waals surface area contributed by atoms with Crippen molar-refractivity contribution >= 4 is 29.1 Å². The molecule has 22 heavy (non-hydrogen) atoms. The van der Waals surface area contributed by atoms with Crippen LogP contribution in [0.15, 0.2) is 30.5 Å². The van der Waals surface area contributed by atoms with E-state index in [9.17, 15) is 4.79 Å². The van der Waals surface area contributed by atoms with Crippen LogP contribution >= 0.6 is 12.4 Å². The molecule has 114 valence electrons. The number of hydrogen-bond donors (Lipinski definition) is 2. The number of fused-ring (bicyclic) bond motifs is 1. The number of nitriles is 1. The van der Waals surface area contributed by atoms with Crippen molar-refractivity contribution in [3.8, 4) is 6.07 Å². The molecule has 2 N–H and O–H groups in total. The fraction of sp³-hybridized carbons (Fsp3) is 0.312. The zero-order valence-electron chi connectivity index (χ0n) is 12.0. The predicted molar refractivity (Wildman–Crippen MR) is 87.1 cm³/mol. The lowest BCUT2D eigenvalue weighted by atomic mass is 10.0. The van der Waals surface area contributed by atoms with Gasteiger partial charge in [-0.2, -0.15) is 5.26 Å². The van der Waals surface area contributed by atoms with Crippen molar-refractivity contribution in [2.24, 2.45) is 0 Å². The summed E-state index contributed by atoms with van der Waals surface area (Å²) in [5.41, 5.74) is 0.882. The van der Waals surface area contributed by atoms with Crippen molar-refractivity contribution < 1.29 is 4.79 Å². The van der Waals surface area contributed by atoms with Crippen LogP contribution in [0.5, 0.6) is 0 Å². The number of nitrogens with zero attached hydrogens (tertiary/aromatic N) is 2. The highest BCUT2D eigenvalue weighted by Crippen LogP contribution is 2.20. The van der Waals surface area contributed by atoms with Crippen LogP contribution in [0.25, 0.3) is 10.8 Å². The lowest BCUT2D eigenvalue weighted by Gasteiger charge is -2.23. The first-order valence-electron chi connectivity index (χ1n) is 7.09. The van der Waals surface area contributed by atoms with E-state index in [1.165, 1.54) is 6.20 Å². The summed E-state index contributed by atoms with van der Waals surface area (Å²) >= 11 is 0. The summed E-state index contributed by atoms with van der Waals surface area (Å²) < 4.78 is 0. The van der Waals surface area contributed by atoms with Gasteiger partial charge in [0.1, 0.15) is 11.8 Å². The predicted octanol–water partition coefficient (Wildman–Crippen LogP) is 2.01. The average Bonchev–Trinajstić information content (AvgIpc) is 2.54. The molecule has 1 fully saturated rings. The molecule has 2 aromatic rings. The Bertz CT molecular complexity index is 720. The van der Waals surface area contributed by atoms with E-state index in [-0.39, 0.29) is 24.4 Å². The van der Waals surface area contributed by atoms with Crippen molar-refractivity contribution in [1.82, 2.24) is 15.6 Å². The highest BCUT2D eigenvalue weighted by atomic mass is 35.5. The third kappa shape index (κ3) is 3.19. The lowest BCUT2D eigenvalue weighted by Crippen LogP contribution is -2.43. The zero-order chi connectivity index (χ0) is 14.7. The van der Waals surface area contributed by atoms with Gasteiger partial charge in [-0.15, -0.1) is 12.4 Å². The first-order chi connectivity index (χ1) is 10.3. The first-order valence-corrected chi connectivity index (χ1v) is 7.09. The molecule has 6 heteroatoms. The number of carbonyl (C=O) groups excluding carboxylic acids is 1. The van der Waals surface area contributed by atoms with Gasteiger partial charge >= 0.3 is 0 Å². The van der Waals surface area contributed by atoms with Crippen LogP contribution < -0.4 is 10.6 Å². The molecule has 1 aliphatic rings. The lowest BCUT2D eigenvalue weighted by molar-refractivity contribution is 0.0926. The number of halogens is 1. The van der Waals surface area contributed by atoms with E-state index in [4.69, 9.17) is 5.26 Å². The molecule has 0 atom stereocenters. The van der Waals surface area contributed by atoms with E-state index < -0.39 is 0 Å². The largest absolute Gasteiger partial charge is 0.348 e. The Hall–Kier alpha value is -2.16. The van der Waals surface area contributed by atoms with E-state index in [1.807, 2.05) is 24.3 Å². The van der Waals surface area contributed by atoms with Crippen LogP contribution in [0.3, 0.4) is 0 Å². The molecule has 1 amide bonds. The summed E-state index contributed by atoms with van der Waals surface area (Å²) in [5, 5.41) is 16.9. The Labute approximate surface area is 135 Å². The van der Waals surface area contributed by atoms with Gasteiger partial charge in [0.05, 0.1) is 5.56 Å². The van der Waals surface area contributed by atoms with Gasteiger partial charge in [-0.3, -0.25) is 4.79 Å². The van der Waals surface area contributed by atoms with Crippen LogP contribution in [0.4, 0.5) is 0 Å². The SMILES string of the molecule is Cl.N#Cc1cnc(C(=O)NC2CCNCC2)c2ccccc12. The molecule has 0 spiro atoms. The molecular formula is C16H17ClN4O. The topological polar surface area (TPSA) is 77.8 Å². The molecule has 0 unspecified atom stereocenters. The van der Waals surface area contributed by atoms with Gasteiger partial charge in [0, 0.05) is 23.0 Å². The van der Waals surface area contributed by atoms with Gasteiger partial charge in [0.25, 0.3) is 5.91 Å². The fourth-order valence-corrected chi connectivity index (χ4v) is 2.68.